The van der Waals surface area contributed by atoms with Gasteiger partial charge in [-0.3, -0.25) is 9.10 Å². The number of amides is 1. The maximum atomic E-state index is 13.1. The smallest absolute Gasteiger partial charge is 0.246 e. The van der Waals surface area contributed by atoms with E-state index in [0.29, 0.717) is 18.0 Å². The zero-order valence-electron chi connectivity index (χ0n) is 17.7. The highest BCUT2D eigenvalue weighted by Crippen LogP contribution is 2.33. The first-order chi connectivity index (χ1) is 13.6. The standard InChI is InChI=1S/C21H28N2O5S/c1-15-7-12-20(28-5)19(13-15)23(29(6,25)26)16(2)21(24)22(3)14-17-8-10-18(27-4)11-9-17/h7-13,16H,14H2,1-6H3/t16-/m0/s1. The van der Waals surface area contributed by atoms with Gasteiger partial charge in [0.05, 0.1) is 26.2 Å². The summed E-state index contributed by atoms with van der Waals surface area (Å²) >= 11 is 0. The number of ether oxygens (including phenoxy) is 2. The van der Waals surface area contributed by atoms with E-state index in [1.807, 2.05) is 37.3 Å². The molecule has 0 spiro atoms. The lowest BCUT2D eigenvalue weighted by molar-refractivity contribution is -0.131. The van der Waals surface area contributed by atoms with Crippen molar-refractivity contribution in [2.24, 2.45) is 0 Å². The third-order valence-electron chi connectivity index (χ3n) is 4.59. The van der Waals surface area contributed by atoms with Crippen molar-refractivity contribution >= 4 is 21.6 Å². The van der Waals surface area contributed by atoms with Gasteiger partial charge in [0.2, 0.25) is 15.9 Å². The highest BCUT2D eigenvalue weighted by Gasteiger charge is 2.33. The molecule has 0 heterocycles. The average Bonchev–Trinajstić information content (AvgIpc) is 2.67. The third kappa shape index (κ3) is 5.41. The van der Waals surface area contributed by atoms with E-state index in [1.165, 1.54) is 12.0 Å². The van der Waals surface area contributed by atoms with Crippen molar-refractivity contribution in [3.05, 3.63) is 53.6 Å². The molecule has 0 unspecified atom stereocenters. The van der Waals surface area contributed by atoms with Crippen molar-refractivity contribution in [3.8, 4) is 11.5 Å². The van der Waals surface area contributed by atoms with Crippen LogP contribution in [0.15, 0.2) is 42.5 Å². The van der Waals surface area contributed by atoms with Gasteiger partial charge in [-0.2, -0.15) is 0 Å². The molecule has 0 aromatic heterocycles. The van der Waals surface area contributed by atoms with Gasteiger partial charge in [-0.15, -0.1) is 0 Å². The average molecular weight is 421 g/mol. The number of carbonyl (C=O) groups excluding carboxylic acids is 1. The number of hydrogen-bond donors (Lipinski definition) is 0. The van der Waals surface area contributed by atoms with Crippen LogP contribution < -0.4 is 13.8 Å². The molecule has 0 fully saturated rings. The summed E-state index contributed by atoms with van der Waals surface area (Å²) in [7, 11) is 0.970. The van der Waals surface area contributed by atoms with Crippen LogP contribution in [0, 0.1) is 6.92 Å². The van der Waals surface area contributed by atoms with Gasteiger partial charge in [0.1, 0.15) is 17.5 Å². The first-order valence-electron chi connectivity index (χ1n) is 9.10. The van der Waals surface area contributed by atoms with Gasteiger partial charge < -0.3 is 14.4 Å². The number of rotatable bonds is 8. The molecule has 0 saturated carbocycles. The van der Waals surface area contributed by atoms with Gasteiger partial charge >= 0.3 is 0 Å². The molecule has 7 nitrogen and oxygen atoms in total. The van der Waals surface area contributed by atoms with E-state index in [1.54, 1.807) is 33.2 Å². The van der Waals surface area contributed by atoms with Crippen LogP contribution in [0.2, 0.25) is 0 Å². The third-order valence-corrected chi connectivity index (χ3v) is 5.82. The Labute approximate surface area is 172 Å². The first-order valence-corrected chi connectivity index (χ1v) is 10.9. The van der Waals surface area contributed by atoms with Crippen LogP contribution in [-0.2, 0) is 21.4 Å². The summed E-state index contributed by atoms with van der Waals surface area (Å²) in [5.41, 5.74) is 2.11. The van der Waals surface area contributed by atoms with Gasteiger partial charge in [0, 0.05) is 13.6 Å². The van der Waals surface area contributed by atoms with Gasteiger partial charge in [0.15, 0.2) is 0 Å². The number of nitrogens with zero attached hydrogens (tertiary/aromatic N) is 2. The van der Waals surface area contributed by atoms with E-state index in [2.05, 4.69) is 0 Å². The highest BCUT2D eigenvalue weighted by molar-refractivity contribution is 7.92. The van der Waals surface area contributed by atoms with E-state index in [0.717, 1.165) is 27.4 Å². The quantitative estimate of drug-likeness (QED) is 0.656. The summed E-state index contributed by atoms with van der Waals surface area (Å²) in [6, 6.07) is 11.6. The van der Waals surface area contributed by atoms with Crippen LogP contribution in [0.1, 0.15) is 18.1 Å². The van der Waals surface area contributed by atoms with Crippen LogP contribution in [0.25, 0.3) is 0 Å². The Hall–Kier alpha value is -2.74. The second-order valence-corrected chi connectivity index (χ2v) is 8.81. The summed E-state index contributed by atoms with van der Waals surface area (Å²) in [6.45, 7) is 3.77. The fourth-order valence-corrected chi connectivity index (χ4v) is 4.31. The number of aryl methyl sites for hydroxylation is 1. The molecule has 29 heavy (non-hydrogen) atoms. The van der Waals surface area contributed by atoms with Crippen LogP contribution >= 0.6 is 0 Å². The molecule has 8 heteroatoms. The lowest BCUT2D eigenvalue weighted by Gasteiger charge is -2.32. The van der Waals surface area contributed by atoms with Crippen molar-refractivity contribution in [3.63, 3.8) is 0 Å². The molecule has 2 aromatic rings. The lowest BCUT2D eigenvalue weighted by Crippen LogP contribution is -2.48. The van der Waals surface area contributed by atoms with Gasteiger partial charge in [-0.25, -0.2) is 8.42 Å². The van der Waals surface area contributed by atoms with Gasteiger partial charge in [-0.1, -0.05) is 18.2 Å². The van der Waals surface area contributed by atoms with Gasteiger partial charge in [-0.05, 0) is 49.2 Å². The Morgan fingerprint density at radius 3 is 2.21 bits per heavy atom. The molecule has 2 rings (SSSR count). The minimum absolute atomic E-state index is 0.324. The largest absolute Gasteiger partial charge is 0.497 e. The van der Waals surface area contributed by atoms with Crippen LogP contribution in [0.4, 0.5) is 5.69 Å². The van der Waals surface area contributed by atoms with Crippen molar-refractivity contribution < 1.29 is 22.7 Å². The fraction of sp³-hybridized carbons (Fsp3) is 0.381. The molecule has 158 valence electrons. The molecule has 0 N–H and O–H groups in total. The molecular weight excluding hydrogens is 392 g/mol. The minimum Gasteiger partial charge on any atom is -0.497 e. The van der Waals surface area contributed by atoms with Gasteiger partial charge in [0.25, 0.3) is 0 Å². The number of sulfonamides is 1. The molecule has 1 atom stereocenters. The maximum Gasteiger partial charge on any atom is 0.246 e. The lowest BCUT2D eigenvalue weighted by atomic mass is 10.1. The Morgan fingerprint density at radius 2 is 1.69 bits per heavy atom. The van der Waals surface area contributed by atoms with Crippen LogP contribution in [0.5, 0.6) is 11.5 Å². The number of carbonyl (C=O) groups is 1. The molecular formula is C21H28N2O5S. The summed E-state index contributed by atoms with van der Waals surface area (Å²) < 4.78 is 36.8. The van der Waals surface area contributed by atoms with E-state index >= 15 is 0 Å². The van der Waals surface area contributed by atoms with Crippen molar-refractivity contribution in [2.45, 2.75) is 26.4 Å². The zero-order valence-corrected chi connectivity index (χ0v) is 18.5. The van der Waals surface area contributed by atoms with Crippen LogP contribution in [-0.4, -0.2) is 52.8 Å². The Balaban J connectivity index is 2.32. The van der Waals surface area contributed by atoms with Crippen molar-refractivity contribution in [1.82, 2.24) is 4.90 Å². The summed E-state index contributed by atoms with van der Waals surface area (Å²) in [5.74, 6) is 0.791. The summed E-state index contributed by atoms with van der Waals surface area (Å²) in [6.07, 6.45) is 1.09. The normalized spacial score (nSPS) is 12.2. The monoisotopic (exact) mass is 420 g/mol. The second-order valence-electron chi connectivity index (χ2n) is 6.95. The fourth-order valence-electron chi connectivity index (χ4n) is 3.15. The van der Waals surface area contributed by atoms with E-state index in [4.69, 9.17) is 9.47 Å². The topological polar surface area (TPSA) is 76.2 Å². The molecule has 2 aromatic carbocycles. The highest BCUT2D eigenvalue weighted by atomic mass is 32.2. The number of hydrogen-bond acceptors (Lipinski definition) is 5. The molecule has 0 bridgehead atoms. The van der Waals surface area contributed by atoms with E-state index < -0.39 is 16.1 Å². The number of anilines is 1. The second kappa shape index (κ2) is 9.17. The van der Waals surface area contributed by atoms with Crippen molar-refractivity contribution in [2.75, 3.05) is 31.8 Å². The number of likely N-dealkylation sites (N-methyl/N-ethyl adjacent to an activating group) is 1. The van der Waals surface area contributed by atoms with Crippen LogP contribution in [0.3, 0.4) is 0 Å². The molecule has 1 amide bonds. The molecule has 0 radical (unpaired) electrons. The summed E-state index contributed by atoms with van der Waals surface area (Å²) in [5, 5.41) is 0. The summed E-state index contributed by atoms with van der Waals surface area (Å²) in [4.78, 5) is 14.6. The minimum atomic E-state index is -3.74. The molecule has 0 saturated heterocycles. The SMILES string of the molecule is COc1ccc(CN(C)C(=O)[C@H](C)N(c2cc(C)ccc2OC)S(C)(=O)=O)cc1. The molecule has 0 aliphatic carbocycles. The Morgan fingerprint density at radius 1 is 1.07 bits per heavy atom. The maximum absolute atomic E-state index is 13.1. The zero-order chi connectivity index (χ0) is 21.8. The molecule has 0 aliphatic heterocycles. The first kappa shape index (κ1) is 22.5. The number of methoxy groups -OCH3 is 2. The number of benzene rings is 2. The predicted octanol–water partition coefficient (Wildman–Crippen LogP) is 2.83. The Bertz CT molecular complexity index is 958. The van der Waals surface area contributed by atoms with E-state index in [9.17, 15) is 13.2 Å². The van der Waals surface area contributed by atoms with E-state index in [-0.39, 0.29) is 5.91 Å². The Kier molecular flexibility index (Phi) is 7.13. The predicted molar refractivity (Wildman–Crippen MR) is 114 cm³/mol. The van der Waals surface area contributed by atoms with Crippen molar-refractivity contribution in [1.29, 1.82) is 0 Å². The molecule has 0 aliphatic rings.